The maximum atomic E-state index is 13.0. The van der Waals surface area contributed by atoms with Gasteiger partial charge in [-0.2, -0.15) is 4.31 Å². The summed E-state index contributed by atoms with van der Waals surface area (Å²) in [5, 5.41) is 3.50. The molecule has 0 saturated carbocycles. The van der Waals surface area contributed by atoms with E-state index in [4.69, 9.17) is 14.5 Å². The molecule has 0 spiro atoms. The second kappa shape index (κ2) is 9.38. The number of rotatable bonds is 8. The summed E-state index contributed by atoms with van der Waals surface area (Å²) in [7, 11) is -2.00. The van der Waals surface area contributed by atoms with E-state index in [0.29, 0.717) is 38.5 Å². The molecule has 7 nitrogen and oxygen atoms in total. The van der Waals surface area contributed by atoms with Gasteiger partial charge >= 0.3 is 0 Å². The molecule has 8 heteroatoms. The molecule has 1 saturated heterocycles. The minimum absolute atomic E-state index is 0.242. The quantitative estimate of drug-likeness (QED) is 0.675. The van der Waals surface area contributed by atoms with Crippen molar-refractivity contribution in [1.82, 2.24) is 9.29 Å². The minimum Gasteiger partial charge on any atom is -0.496 e. The maximum Gasteiger partial charge on any atom is 0.243 e. The summed E-state index contributed by atoms with van der Waals surface area (Å²) in [5.74, 6) is 0.554. The lowest BCUT2D eigenvalue weighted by Crippen LogP contribution is -2.40. The Morgan fingerprint density at radius 1 is 1.23 bits per heavy atom. The number of benzene rings is 1. The number of hydrogen-bond donors (Lipinski definition) is 1. The lowest BCUT2D eigenvalue weighted by Gasteiger charge is -2.26. The number of ether oxygens (including phenoxy) is 2. The summed E-state index contributed by atoms with van der Waals surface area (Å²) >= 11 is 0. The fourth-order valence-corrected chi connectivity index (χ4v) is 5.38. The van der Waals surface area contributed by atoms with Crippen molar-refractivity contribution in [2.24, 2.45) is 0 Å². The molecule has 0 bridgehead atoms. The van der Waals surface area contributed by atoms with E-state index in [1.807, 2.05) is 6.07 Å². The smallest absolute Gasteiger partial charge is 0.243 e. The Bertz CT molecular complexity index is 1080. The molecule has 1 aromatic heterocycles. The van der Waals surface area contributed by atoms with Gasteiger partial charge < -0.3 is 14.8 Å². The van der Waals surface area contributed by atoms with Gasteiger partial charge in [-0.05, 0) is 18.6 Å². The van der Waals surface area contributed by atoms with Crippen LogP contribution in [0.1, 0.15) is 35.9 Å². The van der Waals surface area contributed by atoms with Crippen molar-refractivity contribution in [2.75, 3.05) is 45.3 Å². The van der Waals surface area contributed by atoms with Gasteiger partial charge in [-0.25, -0.2) is 8.42 Å². The molecule has 1 aromatic carbocycles. The van der Waals surface area contributed by atoms with Crippen molar-refractivity contribution in [3.05, 3.63) is 52.9 Å². The molecule has 1 aliphatic carbocycles. The normalized spacial score (nSPS) is 16.3. The standard InChI is InChI=1S/C23H29N3O4S/c1-3-9-24-22-15-18(25-21-6-4-5-20(21)22)14-17-7-8-19(16-23(17)29-2)31(27,28)26-10-12-30-13-11-26/h4-5,7-8,15-16H,3,6,9-14H2,1-2H3,(H,24,25). The average molecular weight is 444 g/mol. The number of anilines is 1. The number of nitrogens with zero attached hydrogens (tertiary/aromatic N) is 2. The third-order valence-corrected chi connectivity index (χ3v) is 7.48. The third kappa shape index (κ3) is 4.61. The van der Waals surface area contributed by atoms with Gasteiger partial charge in [0.05, 0.1) is 30.9 Å². The monoisotopic (exact) mass is 443 g/mol. The zero-order valence-electron chi connectivity index (χ0n) is 18.1. The Kier molecular flexibility index (Phi) is 6.60. The Morgan fingerprint density at radius 3 is 2.77 bits per heavy atom. The van der Waals surface area contributed by atoms with E-state index >= 15 is 0 Å². The van der Waals surface area contributed by atoms with Crippen LogP contribution in [-0.2, 0) is 27.6 Å². The minimum atomic E-state index is -3.57. The molecule has 166 valence electrons. The van der Waals surface area contributed by atoms with Gasteiger partial charge in [0.25, 0.3) is 0 Å². The molecule has 0 atom stereocenters. The molecule has 0 radical (unpaired) electrons. The molecule has 2 aliphatic rings. The Balaban J connectivity index is 1.61. The van der Waals surface area contributed by atoms with Crippen LogP contribution in [0.15, 0.2) is 35.2 Å². The average Bonchev–Trinajstić information content (AvgIpc) is 3.27. The first-order valence-corrected chi connectivity index (χ1v) is 12.1. The van der Waals surface area contributed by atoms with Gasteiger partial charge in [-0.1, -0.05) is 25.1 Å². The van der Waals surface area contributed by atoms with Crippen LogP contribution in [0.2, 0.25) is 0 Å². The van der Waals surface area contributed by atoms with E-state index in [0.717, 1.165) is 47.6 Å². The first kappa shape index (κ1) is 21.8. The van der Waals surface area contributed by atoms with Crippen LogP contribution >= 0.6 is 0 Å². The van der Waals surface area contributed by atoms with Crippen LogP contribution in [-0.4, -0.2) is 57.7 Å². The van der Waals surface area contributed by atoms with Crippen LogP contribution in [0.5, 0.6) is 5.75 Å². The number of sulfonamides is 1. The number of allylic oxidation sites excluding steroid dienone is 1. The first-order valence-electron chi connectivity index (χ1n) is 10.7. The fraction of sp³-hybridized carbons (Fsp3) is 0.435. The van der Waals surface area contributed by atoms with Gasteiger partial charge in [-0.3, -0.25) is 4.98 Å². The van der Waals surface area contributed by atoms with Gasteiger partial charge in [0.2, 0.25) is 10.0 Å². The molecular weight excluding hydrogens is 414 g/mol. The van der Waals surface area contributed by atoms with E-state index in [1.54, 1.807) is 19.2 Å². The highest BCUT2D eigenvalue weighted by Gasteiger charge is 2.27. The van der Waals surface area contributed by atoms with Gasteiger partial charge in [0, 0.05) is 61.1 Å². The van der Waals surface area contributed by atoms with Crippen LogP contribution in [0.4, 0.5) is 5.69 Å². The van der Waals surface area contributed by atoms with Crippen molar-refractivity contribution >= 4 is 21.8 Å². The summed E-state index contributed by atoms with van der Waals surface area (Å²) in [6.07, 6.45) is 6.69. The molecule has 1 N–H and O–H groups in total. The zero-order chi connectivity index (χ0) is 21.8. The highest BCUT2D eigenvalue weighted by molar-refractivity contribution is 7.89. The summed E-state index contributed by atoms with van der Waals surface area (Å²) in [4.78, 5) is 5.08. The molecule has 2 heterocycles. The van der Waals surface area contributed by atoms with E-state index in [2.05, 4.69) is 30.5 Å². The van der Waals surface area contributed by atoms with E-state index in [9.17, 15) is 8.42 Å². The SMILES string of the molecule is CCCNc1cc(Cc2ccc(S(=O)(=O)N3CCOCC3)cc2OC)nc2c1C=CC2. The van der Waals surface area contributed by atoms with Gasteiger partial charge in [0.1, 0.15) is 5.75 Å². The Hall–Kier alpha value is -2.42. The first-order chi connectivity index (χ1) is 15.0. The second-order valence-corrected chi connectivity index (χ2v) is 9.66. The topological polar surface area (TPSA) is 80.8 Å². The molecule has 2 aromatic rings. The molecule has 4 rings (SSSR count). The molecule has 0 unspecified atom stereocenters. The second-order valence-electron chi connectivity index (χ2n) is 7.72. The lowest BCUT2D eigenvalue weighted by molar-refractivity contribution is 0.0730. The van der Waals surface area contributed by atoms with Crippen molar-refractivity contribution < 1.29 is 17.9 Å². The van der Waals surface area contributed by atoms with Crippen LogP contribution in [0.3, 0.4) is 0 Å². The van der Waals surface area contributed by atoms with Crippen molar-refractivity contribution in [1.29, 1.82) is 0 Å². The predicted octanol–water partition coefficient (Wildman–Crippen LogP) is 3.09. The molecule has 0 amide bonds. The lowest BCUT2D eigenvalue weighted by atomic mass is 10.1. The molecule has 1 fully saturated rings. The zero-order valence-corrected chi connectivity index (χ0v) is 18.9. The predicted molar refractivity (Wildman–Crippen MR) is 121 cm³/mol. The maximum absolute atomic E-state index is 13.0. The number of pyridine rings is 1. The molecule has 31 heavy (non-hydrogen) atoms. The highest BCUT2D eigenvalue weighted by atomic mass is 32.2. The number of aromatic nitrogens is 1. The highest BCUT2D eigenvalue weighted by Crippen LogP contribution is 2.31. The van der Waals surface area contributed by atoms with E-state index in [-0.39, 0.29) is 4.90 Å². The summed E-state index contributed by atoms with van der Waals surface area (Å²) in [6.45, 7) is 4.62. The number of methoxy groups -OCH3 is 1. The Morgan fingerprint density at radius 2 is 2.03 bits per heavy atom. The molecule has 1 aliphatic heterocycles. The number of nitrogens with one attached hydrogen (secondary N) is 1. The van der Waals surface area contributed by atoms with E-state index in [1.165, 1.54) is 4.31 Å². The summed E-state index contributed by atoms with van der Waals surface area (Å²) in [5.41, 5.74) is 5.17. The van der Waals surface area contributed by atoms with Crippen LogP contribution < -0.4 is 10.1 Å². The van der Waals surface area contributed by atoms with Gasteiger partial charge in [0.15, 0.2) is 0 Å². The third-order valence-electron chi connectivity index (χ3n) is 5.59. The molecular formula is C23H29N3O4S. The van der Waals surface area contributed by atoms with Gasteiger partial charge in [-0.15, -0.1) is 0 Å². The van der Waals surface area contributed by atoms with Crippen molar-refractivity contribution in [3.8, 4) is 5.75 Å². The summed E-state index contributed by atoms with van der Waals surface area (Å²) < 4.78 is 38.3. The van der Waals surface area contributed by atoms with E-state index < -0.39 is 10.0 Å². The van der Waals surface area contributed by atoms with Crippen molar-refractivity contribution in [2.45, 2.75) is 31.1 Å². The Labute approximate surface area is 184 Å². The number of morpholine rings is 1. The van der Waals surface area contributed by atoms with Crippen LogP contribution in [0.25, 0.3) is 6.08 Å². The number of hydrogen-bond acceptors (Lipinski definition) is 6. The summed E-state index contributed by atoms with van der Waals surface area (Å²) in [6, 6.07) is 7.19. The number of fused-ring (bicyclic) bond motifs is 1. The fourth-order valence-electron chi connectivity index (χ4n) is 3.95. The van der Waals surface area contributed by atoms with Crippen LogP contribution in [0, 0.1) is 0 Å². The largest absolute Gasteiger partial charge is 0.496 e. The van der Waals surface area contributed by atoms with Crippen molar-refractivity contribution in [3.63, 3.8) is 0 Å².